The fourth-order valence-electron chi connectivity index (χ4n) is 3.57. The van der Waals surface area contributed by atoms with Crippen molar-refractivity contribution in [1.29, 1.82) is 0 Å². The molecule has 0 heterocycles. The number of amides is 3. The molecule has 0 aliphatic carbocycles. The van der Waals surface area contributed by atoms with E-state index in [1.807, 2.05) is 73.7 Å². The van der Waals surface area contributed by atoms with Gasteiger partial charge in [-0.1, -0.05) is 70.5 Å². The Morgan fingerprint density at radius 2 is 1.44 bits per heavy atom. The van der Waals surface area contributed by atoms with Crippen LogP contribution in [0.2, 0.25) is 0 Å². The van der Waals surface area contributed by atoms with Crippen LogP contribution in [0.4, 0.5) is 11.4 Å². The van der Waals surface area contributed by atoms with E-state index >= 15 is 0 Å². The molecule has 1 atom stereocenters. The number of benzene rings is 4. The first-order valence-corrected chi connectivity index (χ1v) is 13.8. The summed E-state index contributed by atoms with van der Waals surface area (Å²) < 4.78 is 0.848. The van der Waals surface area contributed by atoms with Crippen molar-refractivity contribution in [3.8, 4) is 0 Å². The van der Waals surface area contributed by atoms with Crippen molar-refractivity contribution in [3.63, 3.8) is 0 Å². The Bertz CT molecular complexity index is 1490. The van der Waals surface area contributed by atoms with Crippen LogP contribution in [0.15, 0.2) is 124 Å². The van der Waals surface area contributed by atoms with Gasteiger partial charge in [-0.2, -0.15) is 0 Å². The Morgan fingerprint density at radius 3 is 2.15 bits per heavy atom. The molecule has 1 unspecified atom stereocenters. The molecule has 0 radical (unpaired) electrons. The predicted molar refractivity (Wildman–Crippen MR) is 161 cm³/mol. The van der Waals surface area contributed by atoms with Gasteiger partial charge in [-0.25, -0.2) is 0 Å². The lowest BCUT2D eigenvalue weighted by atomic mass is 10.1. The summed E-state index contributed by atoms with van der Waals surface area (Å²) in [7, 11) is 0. The van der Waals surface area contributed by atoms with Gasteiger partial charge in [0.2, 0.25) is 5.91 Å². The zero-order valence-electron chi connectivity index (χ0n) is 21.1. The fraction of sp³-hybridized carbons (Fsp3) is 0.0645. The average Bonchev–Trinajstić information content (AvgIpc) is 2.94. The molecule has 0 saturated carbocycles. The van der Waals surface area contributed by atoms with E-state index in [4.69, 9.17) is 0 Å². The van der Waals surface area contributed by atoms with Crippen LogP contribution in [-0.2, 0) is 9.59 Å². The summed E-state index contributed by atoms with van der Waals surface area (Å²) in [4.78, 5) is 39.6. The molecule has 0 aliphatic heterocycles. The predicted octanol–water partition coefficient (Wildman–Crippen LogP) is 6.98. The molecule has 39 heavy (non-hydrogen) atoms. The first-order valence-electron chi connectivity index (χ1n) is 12.1. The molecule has 3 amide bonds. The molecule has 6 nitrogen and oxygen atoms in total. The molecule has 4 aromatic carbocycles. The van der Waals surface area contributed by atoms with E-state index in [9.17, 15) is 14.4 Å². The highest BCUT2D eigenvalue weighted by molar-refractivity contribution is 9.10. The molecular weight excluding hydrogens is 574 g/mol. The molecule has 0 bridgehead atoms. The molecule has 3 N–H and O–H groups in total. The van der Waals surface area contributed by atoms with Crippen LogP contribution in [-0.4, -0.2) is 23.0 Å². The molecule has 0 fully saturated rings. The van der Waals surface area contributed by atoms with E-state index in [0.29, 0.717) is 11.3 Å². The number of anilines is 2. The van der Waals surface area contributed by atoms with Crippen LogP contribution in [0, 0.1) is 0 Å². The van der Waals surface area contributed by atoms with Gasteiger partial charge in [0.1, 0.15) is 5.70 Å². The summed E-state index contributed by atoms with van der Waals surface area (Å²) in [5, 5.41) is 8.15. The Hall–Kier alpha value is -4.14. The summed E-state index contributed by atoms with van der Waals surface area (Å²) in [6.45, 7) is 1.83. The van der Waals surface area contributed by atoms with Gasteiger partial charge in [0.15, 0.2) is 0 Å². The molecule has 0 aliphatic rings. The smallest absolute Gasteiger partial charge is 0.272 e. The Labute approximate surface area is 240 Å². The summed E-state index contributed by atoms with van der Waals surface area (Å²) >= 11 is 4.82. The molecular formula is C31H26BrN3O3S. The number of nitrogens with one attached hydrogen (secondary N) is 3. The zero-order valence-corrected chi connectivity index (χ0v) is 23.5. The molecule has 0 saturated heterocycles. The summed E-state index contributed by atoms with van der Waals surface area (Å²) in [5.41, 5.74) is 2.54. The van der Waals surface area contributed by atoms with Gasteiger partial charge in [-0.3, -0.25) is 14.4 Å². The topological polar surface area (TPSA) is 87.3 Å². The van der Waals surface area contributed by atoms with Gasteiger partial charge in [0.05, 0.1) is 5.25 Å². The minimum atomic E-state index is -0.476. The van der Waals surface area contributed by atoms with Crippen molar-refractivity contribution in [3.05, 3.63) is 130 Å². The molecule has 196 valence electrons. The number of thioether (sulfide) groups is 1. The molecule has 0 spiro atoms. The fourth-order valence-corrected chi connectivity index (χ4v) is 4.92. The molecule has 0 aromatic heterocycles. The van der Waals surface area contributed by atoms with Crippen molar-refractivity contribution in [1.82, 2.24) is 5.32 Å². The monoisotopic (exact) mass is 599 g/mol. The van der Waals surface area contributed by atoms with Crippen molar-refractivity contribution in [2.24, 2.45) is 0 Å². The second-order valence-corrected chi connectivity index (χ2v) is 10.9. The lowest BCUT2D eigenvalue weighted by Crippen LogP contribution is -2.30. The van der Waals surface area contributed by atoms with Gasteiger partial charge in [-0.05, 0) is 73.2 Å². The maximum atomic E-state index is 13.3. The average molecular weight is 601 g/mol. The van der Waals surface area contributed by atoms with E-state index in [2.05, 4.69) is 31.9 Å². The minimum Gasteiger partial charge on any atom is -0.325 e. The van der Waals surface area contributed by atoms with E-state index < -0.39 is 11.8 Å². The number of para-hydroxylation sites is 1. The summed E-state index contributed by atoms with van der Waals surface area (Å²) in [6.07, 6.45) is 1.62. The SMILES string of the molecule is CC(Sc1cccc(NC(=O)/C(=C\c2cccc(Br)c2)NC(=O)c2ccccc2)c1)C(=O)Nc1ccccc1. The number of carbonyl (C=O) groups is 3. The summed E-state index contributed by atoms with van der Waals surface area (Å²) in [5.74, 6) is -0.991. The van der Waals surface area contributed by atoms with Gasteiger partial charge < -0.3 is 16.0 Å². The van der Waals surface area contributed by atoms with Gasteiger partial charge >= 0.3 is 0 Å². The molecule has 8 heteroatoms. The Balaban J connectivity index is 1.48. The van der Waals surface area contributed by atoms with Gasteiger partial charge in [0, 0.05) is 26.3 Å². The van der Waals surface area contributed by atoms with Crippen molar-refractivity contribution in [2.45, 2.75) is 17.1 Å². The van der Waals surface area contributed by atoms with Gasteiger partial charge in [-0.15, -0.1) is 11.8 Å². The third-order valence-electron chi connectivity index (χ3n) is 5.50. The normalized spacial score (nSPS) is 11.8. The molecule has 4 aromatic rings. The first-order chi connectivity index (χ1) is 18.9. The van der Waals surface area contributed by atoms with Crippen molar-refractivity contribution < 1.29 is 14.4 Å². The third-order valence-corrected chi connectivity index (χ3v) is 7.09. The van der Waals surface area contributed by atoms with Crippen LogP contribution in [0.3, 0.4) is 0 Å². The lowest BCUT2D eigenvalue weighted by Gasteiger charge is -2.14. The number of hydrogen-bond donors (Lipinski definition) is 3. The van der Waals surface area contributed by atoms with E-state index in [1.54, 1.807) is 48.5 Å². The highest BCUT2D eigenvalue weighted by Crippen LogP contribution is 2.27. The maximum Gasteiger partial charge on any atom is 0.272 e. The quantitative estimate of drug-likeness (QED) is 0.143. The molecule has 4 rings (SSSR count). The van der Waals surface area contributed by atoms with Crippen LogP contribution in [0.5, 0.6) is 0 Å². The minimum absolute atomic E-state index is 0.0932. The highest BCUT2D eigenvalue weighted by Gasteiger charge is 2.17. The Kier molecular flexibility index (Phi) is 9.72. The number of hydrogen-bond acceptors (Lipinski definition) is 4. The number of carbonyl (C=O) groups excluding carboxylic acids is 3. The van der Waals surface area contributed by atoms with Crippen molar-refractivity contribution >= 4 is 62.9 Å². The highest BCUT2D eigenvalue weighted by atomic mass is 79.9. The van der Waals surface area contributed by atoms with Crippen LogP contribution in [0.25, 0.3) is 6.08 Å². The second-order valence-electron chi connectivity index (χ2n) is 8.53. The third kappa shape index (κ3) is 8.43. The van der Waals surface area contributed by atoms with Crippen LogP contribution >= 0.6 is 27.7 Å². The van der Waals surface area contributed by atoms with Gasteiger partial charge in [0.25, 0.3) is 11.8 Å². The maximum absolute atomic E-state index is 13.3. The van der Waals surface area contributed by atoms with E-state index in [1.165, 1.54) is 11.8 Å². The number of rotatable bonds is 9. The number of halogens is 1. The first kappa shape index (κ1) is 27.9. The van der Waals surface area contributed by atoms with E-state index in [0.717, 1.165) is 20.6 Å². The van der Waals surface area contributed by atoms with Crippen LogP contribution < -0.4 is 16.0 Å². The second kappa shape index (κ2) is 13.6. The van der Waals surface area contributed by atoms with Crippen molar-refractivity contribution in [2.75, 3.05) is 10.6 Å². The lowest BCUT2D eigenvalue weighted by molar-refractivity contribution is -0.115. The van der Waals surface area contributed by atoms with Crippen LogP contribution in [0.1, 0.15) is 22.8 Å². The van der Waals surface area contributed by atoms with E-state index in [-0.39, 0.29) is 16.9 Å². The zero-order chi connectivity index (χ0) is 27.6. The largest absolute Gasteiger partial charge is 0.325 e. The summed E-state index contributed by atoms with van der Waals surface area (Å²) in [6, 6.07) is 32.6. The standard InChI is InChI=1S/C31H26BrN3O3S/c1-21(29(36)33-25-14-6-3-7-15-25)39-27-17-9-16-26(20-27)34-31(38)28(19-22-10-8-13-24(32)18-22)35-30(37)23-11-4-2-5-12-23/h2-21H,1H3,(H,33,36)(H,34,38)(H,35,37)/b28-19+. The Morgan fingerprint density at radius 1 is 0.769 bits per heavy atom.